The van der Waals surface area contributed by atoms with Gasteiger partial charge in [0, 0.05) is 12.8 Å². The van der Waals surface area contributed by atoms with E-state index in [0.29, 0.717) is 12.8 Å². The summed E-state index contributed by atoms with van der Waals surface area (Å²) < 4.78 is 32.5. The zero-order valence-corrected chi connectivity index (χ0v) is 30.4. The second-order valence-corrected chi connectivity index (χ2v) is 13.7. The summed E-state index contributed by atoms with van der Waals surface area (Å²) in [6, 6.07) is 0. The van der Waals surface area contributed by atoms with Gasteiger partial charge in [-0.05, 0) is 57.8 Å². The van der Waals surface area contributed by atoms with Crippen LogP contribution in [0.3, 0.4) is 0 Å². The molecule has 0 saturated carbocycles. The van der Waals surface area contributed by atoms with Crippen LogP contribution in [0.25, 0.3) is 0 Å². The van der Waals surface area contributed by atoms with Crippen molar-refractivity contribution in [1.82, 2.24) is 0 Å². The zero-order valence-electron chi connectivity index (χ0n) is 29.5. The zero-order chi connectivity index (χ0) is 34.9. The Balaban J connectivity index is 4.42. The molecule has 276 valence electrons. The number of phosphoric acid groups is 1. The van der Waals surface area contributed by atoms with Crippen LogP contribution >= 0.6 is 7.82 Å². The Kier molecular flexibility index (Phi) is 31.9. The number of carbonyl (C=O) groups excluding carboxylic acids is 2. The summed E-state index contributed by atoms with van der Waals surface area (Å²) in [7, 11) is -4.61. The number of esters is 2. The summed E-state index contributed by atoms with van der Waals surface area (Å²) in [5, 5.41) is 18.2. The van der Waals surface area contributed by atoms with Gasteiger partial charge in [0.15, 0.2) is 6.10 Å². The highest BCUT2D eigenvalue weighted by Crippen LogP contribution is 2.43. The maximum Gasteiger partial charge on any atom is 0.472 e. The van der Waals surface area contributed by atoms with Gasteiger partial charge in [0.05, 0.1) is 19.8 Å². The van der Waals surface area contributed by atoms with Crippen molar-refractivity contribution in [2.45, 2.75) is 167 Å². The lowest BCUT2D eigenvalue weighted by molar-refractivity contribution is -0.161. The molecule has 11 heteroatoms. The SMILES string of the molecule is CCCC/C=C\CCCCCCCC(=O)OCC(COP(=O)(O)OCC(O)CO)OC(=O)CCCCCCC/C=C\CCCCCC. The number of ether oxygens (including phenoxy) is 2. The molecule has 0 bridgehead atoms. The third kappa shape index (κ3) is 32.8. The molecule has 3 unspecified atom stereocenters. The van der Waals surface area contributed by atoms with Crippen molar-refractivity contribution in [2.24, 2.45) is 0 Å². The first-order valence-electron chi connectivity index (χ1n) is 18.3. The first kappa shape index (κ1) is 45.5. The standard InChI is InChI=1S/C36H67O10P/c1-3-5-7-9-11-13-15-16-18-20-22-24-26-28-36(40)46-34(32-45-47(41,42)44-30-33(38)29-37)31-43-35(39)27-25-23-21-19-17-14-12-10-8-6-4-2/h10,12-13,15,33-34,37-38H,3-9,11,14,16-32H2,1-2H3,(H,41,42)/b12-10-,15-13-. The van der Waals surface area contributed by atoms with Crippen molar-refractivity contribution in [2.75, 3.05) is 26.4 Å². The fourth-order valence-corrected chi connectivity index (χ4v) is 5.46. The van der Waals surface area contributed by atoms with Crippen molar-refractivity contribution >= 4 is 19.8 Å². The molecule has 0 amide bonds. The van der Waals surface area contributed by atoms with E-state index in [2.05, 4.69) is 42.7 Å². The Morgan fingerprint density at radius 3 is 1.60 bits per heavy atom. The van der Waals surface area contributed by atoms with Gasteiger partial charge >= 0.3 is 19.8 Å². The summed E-state index contributed by atoms with van der Waals surface area (Å²) in [6.45, 7) is 2.28. The normalized spacial score (nSPS) is 14.4. The van der Waals surface area contributed by atoms with Gasteiger partial charge in [0.1, 0.15) is 12.7 Å². The molecular weight excluding hydrogens is 623 g/mol. The first-order valence-corrected chi connectivity index (χ1v) is 19.8. The first-order chi connectivity index (χ1) is 22.7. The number of aliphatic hydroxyl groups is 2. The smallest absolute Gasteiger partial charge is 0.462 e. The van der Waals surface area contributed by atoms with Gasteiger partial charge in [-0.25, -0.2) is 4.57 Å². The van der Waals surface area contributed by atoms with E-state index in [1.54, 1.807) is 0 Å². The van der Waals surface area contributed by atoms with Crippen molar-refractivity contribution in [3.63, 3.8) is 0 Å². The number of phosphoric ester groups is 1. The van der Waals surface area contributed by atoms with Crippen LogP contribution in [0.4, 0.5) is 0 Å². The lowest BCUT2D eigenvalue weighted by Crippen LogP contribution is -2.29. The molecule has 0 rings (SSSR count). The molecule has 10 nitrogen and oxygen atoms in total. The van der Waals surface area contributed by atoms with Crippen LogP contribution in [0.2, 0.25) is 0 Å². The number of hydrogen-bond donors (Lipinski definition) is 3. The van der Waals surface area contributed by atoms with Crippen LogP contribution in [0.15, 0.2) is 24.3 Å². The van der Waals surface area contributed by atoms with Crippen LogP contribution in [-0.4, -0.2) is 65.7 Å². The average Bonchev–Trinajstić information content (AvgIpc) is 3.05. The summed E-state index contributed by atoms with van der Waals surface area (Å²) in [5.41, 5.74) is 0. The molecule has 0 radical (unpaired) electrons. The van der Waals surface area contributed by atoms with E-state index < -0.39 is 51.8 Å². The minimum atomic E-state index is -4.61. The van der Waals surface area contributed by atoms with Gasteiger partial charge in [-0.15, -0.1) is 0 Å². The molecule has 0 aliphatic heterocycles. The van der Waals surface area contributed by atoms with E-state index in [1.807, 2.05) is 0 Å². The Hall–Kier alpha value is -1.55. The highest BCUT2D eigenvalue weighted by molar-refractivity contribution is 7.47. The second kappa shape index (κ2) is 33.0. The van der Waals surface area contributed by atoms with Gasteiger partial charge in [-0.3, -0.25) is 18.6 Å². The summed E-state index contributed by atoms with van der Waals surface area (Å²) in [5.74, 6) is -0.948. The van der Waals surface area contributed by atoms with Crippen molar-refractivity contribution < 1.29 is 47.8 Å². The molecule has 0 aromatic rings. The number of unbranched alkanes of at least 4 members (excludes halogenated alkanes) is 16. The van der Waals surface area contributed by atoms with Crippen molar-refractivity contribution in [1.29, 1.82) is 0 Å². The molecule has 0 fully saturated rings. The summed E-state index contributed by atoms with van der Waals surface area (Å²) >= 11 is 0. The maximum atomic E-state index is 12.5. The van der Waals surface area contributed by atoms with Crippen molar-refractivity contribution in [3.05, 3.63) is 24.3 Å². The summed E-state index contributed by atoms with van der Waals surface area (Å²) in [4.78, 5) is 34.7. The lowest BCUT2D eigenvalue weighted by atomic mass is 10.1. The Morgan fingerprint density at radius 1 is 0.617 bits per heavy atom. The van der Waals surface area contributed by atoms with Crippen LogP contribution in [0.1, 0.15) is 155 Å². The van der Waals surface area contributed by atoms with E-state index in [1.165, 1.54) is 38.5 Å². The third-order valence-electron chi connectivity index (χ3n) is 7.58. The largest absolute Gasteiger partial charge is 0.472 e. The van der Waals surface area contributed by atoms with E-state index in [-0.39, 0.29) is 19.4 Å². The lowest BCUT2D eigenvalue weighted by Gasteiger charge is -2.20. The Bertz CT molecular complexity index is 848. The highest BCUT2D eigenvalue weighted by Gasteiger charge is 2.27. The molecule has 0 heterocycles. The van der Waals surface area contributed by atoms with E-state index in [0.717, 1.165) is 77.0 Å². The van der Waals surface area contributed by atoms with Crippen LogP contribution in [0, 0.1) is 0 Å². The Labute approximate surface area is 285 Å². The average molecular weight is 691 g/mol. The molecule has 0 aliphatic carbocycles. The van der Waals surface area contributed by atoms with Gasteiger partial charge in [0.25, 0.3) is 0 Å². The van der Waals surface area contributed by atoms with E-state index in [9.17, 15) is 24.2 Å². The number of carbonyl (C=O) groups is 2. The van der Waals surface area contributed by atoms with E-state index >= 15 is 0 Å². The molecule has 0 saturated heterocycles. The fourth-order valence-electron chi connectivity index (χ4n) is 4.67. The molecular formula is C36H67O10P. The second-order valence-electron chi connectivity index (χ2n) is 12.2. The Morgan fingerprint density at radius 2 is 1.06 bits per heavy atom. The van der Waals surface area contributed by atoms with Crippen LogP contribution in [-0.2, 0) is 32.7 Å². The molecule has 3 atom stereocenters. The van der Waals surface area contributed by atoms with Crippen molar-refractivity contribution in [3.8, 4) is 0 Å². The van der Waals surface area contributed by atoms with Gasteiger partial charge in [-0.2, -0.15) is 0 Å². The minimum Gasteiger partial charge on any atom is -0.462 e. The number of aliphatic hydroxyl groups excluding tert-OH is 2. The monoisotopic (exact) mass is 690 g/mol. The molecule has 0 aromatic carbocycles. The molecule has 0 spiro atoms. The van der Waals surface area contributed by atoms with Crippen LogP contribution in [0.5, 0.6) is 0 Å². The summed E-state index contributed by atoms with van der Waals surface area (Å²) in [6.07, 6.45) is 28.7. The van der Waals surface area contributed by atoms with Gasteiger partial charge in [0.2, 0.25) is 0 Å². The maximum absolute atomic E-state index is 12.5. The highest BCUT2D eigenvalue weighted by atomic mass is 31.2. The minimum absolute atomic E-state index is 0.173. The number of rotatable bonds is 34. The van der Waals surface area contributed by atoms with Gasteiger partial charge in [-0.1, -0.05) is 109 Å². The third-order valence-corrected chi connectivity index (χ3v) is 8.53. The van der Waals surface area contributed by atoms with Gasteiger partial charge < -0.3 is 24.6 Å². The fraction of sp³-hybridized carbons (Fsp3) is 0.833. The van der Waals surface area contributed by atoms with E-state index in [4.69, 9.17) is 19.1 Å². The molecule has 0 aliphatic rings. The molecule has 47 heavy (non-hydrogen) atoms. The number of hydrogen-bond acceptors (Lipinski definition) is 9. The topological polar surface area (TPSA) is 149 Å². The quantitative estimate of drug-likeness (QED) is 0.0259. The predicted molar refractivity (Wildman–Crippen MR) is 187 cm³/mol. The number of allylic oxidation sites excluding steroid dienone is 4. The molecule has 0 aromatic heterocycles. The van der Waals surface area contributed by atoms with Crippen LogP contribution < -0.4 is 0 Å². The molecule has 3 N–H and O–H groups in total. The predicted octanol–water partition coefficient (Wildman–Crippen LogP) is 8.66.